The number of azo groups is 1. The molecule has 0 unspecified atom stereocenters. The highest BCUT2D eigenvalue weighted by atomic mass is 19.1. The van der Waals surface area contributed by atoms with E-state index < -0.39 is 11.1 Å². The standard InChI is InChI=1S/C22H20F2N2/c1-20(2)21(14-6-10-16(23)11-7-14)18-4-3-5-19(18)22(20,26-25-21)15-8-12-17(24)13-9-15/h3-4,6-13,18-19H,5H2,1-2H3/t18-,19+,21-,22+/m1/s1. The van der Waals surface area contributed by atoms with Crippen molar-refractivity contribution >= 4 is 0 Å². The zero-order valence-corrected chi connectivity index (χ0v) is 14.8. The smallest absolute Gasteiger partial charge is 0.123 e. The fraction of sp³-hybridized carbons (Fsp3) is 0.364. The van der Waals surface area contributed by atoms with Gasteiger partial charge >= 0.3 is 0 Å². The highest BCUT2D eigenvalue weighted by Crippen LogP contribution is 2.76. The van der Waals surface area contributed by atoms with E-state index in [1.807, 2.05) is 24.3 Å². The number of fused-ring (bicyclic) bond motifs is 5. The summed E-state index contributed by atoms with van der Waals surface area (Å²) in [5.41, 5.74) is 0.634. The quantitative estimate of drug-likeness (QED) is 0.616. The summed E-state index contributed by atoms with van der Waals surface area (Å²) in [7, 11) is 0. The monoisotopic (exact) mass is 350 g/mol. The number of hydrogen-bond donors (Lipinski definition) is 0. The summed E-state index contributed by atoms with van der Waals surface area (Å²) in [6.07, 6.45) is 5.38. The van der Waals surface area contributed by atoms with Gasteiger partial charge in [0, 0.05) is 17.3 Å². The molecule has 1 fully saturated rings. The van der Waals surface area contributed by atoms with Crippen LogP contribution in [0, 0.1) is 28.9 Å². The molecule has 4 heteroatoms. The molecule has 0 radical (unpaired) electrons. The van der Waals surface area contributed by atoms with Crippen molar-refractivity contribution < 1.29 is 8.78 Å². The number of halogens is 2. The molecular formula is C22H20F2N2. The van der Waals surface area contributed by atoms with E-state index in [1.54, 1.807) is 0 Å². The Kier molecular flexibility index (Phi) is 2.97. The van der Waals surface area contributed by atoms with Gasteiger partial charge in [0.1, 0.15) is 22.7 Å². The first-order valence-electron chi connectivity index (χ1n) is 9.06. The summed E-state index contributed by atoms with van der Waals surface area (Å²) >= 11 is 0. The maximum Gasteiger partial charge on any atom is 0.123 e. The molecule has 2 aliphatic carbocycles. The molecule has 1 aliphatic heterocycles. The lowest BCUT2D eigenvalue weighted by Gasteiger charge is -2.41. The topological polar surface area (TPSA) is 24.7 Å². The lowest BCUT2D eigenvalue weighted by atomic mass is 9.61. The minimum Gasteiger partial charge on any atom is -0.207 e. The zero-order valence-electron chi connectivity index (χ0n) is 14.8. The molecule has 0 N–H and O–H groups in total. The fourth-order valence-electron chi connectivity index (χ4n) is 5.88. The molecule has 0 spiro atoms. The van der Waals surface area contributed by atoms with E-state index in [4.69, 9.17) is 10.2 Å². The number of allylic oxidation sites excluding steroid dienone is 1. The van der Waals surface area contributed by atoms with Crippen LogP contribution in [0.2, 0.25) is 0 Å². The lowest BCUT2D eigenvalue weighted by Crippen LogP contribution is -2.44. The van der Waals surface area contributed by atoms with Crippen LogP contribution in [0.4, 0.5) is 8.78 Å². The second kappa shape index (κ2) is 4.87. The Morgan fingerprint density at radius 1 is 0.808 bits per heavy atom. The third kappa shape index (κ3) is 1.57. The van der Waals surface area contributed by atoms with Crippen molar-refractivity contribution in [3.05, 3.63) is 83.4 Å². The minimum absolute atomic E-state index is 0.200. The largest absolute Gasteiger partial charge is 0.207 e. The first-order chi connectivity index (χ1) is 12.4. The first-order valence-corrected chi connectivity index (χ1v) is 9.06. The molecule has 2 bridgehead atoms. The first kappa shape index (κ1) is 15.9. The maximum atomic E-state index is 13.5. The molecule has 5 rings (SSSR count). The Bertz CT molecular complexity index is 930. The fourth-order valence-corrected chi connectivity index (χ4v) is 5.88. The maximum absolute atomic E-state index is 13.5. The normalized spacial score (nSPS) is 35.8. The van der Waals surface area contributed by atoms with E-state index in [9.17, 15) is 8.78 Å². The van der Waals surface area contributed by atoms with Gasteiger partial charge in [-0.05, 0) is 41.8 Å². The summed E-state index contributed by atoms with van der Waals surface area (Å²) in [6.45, 7) is 4.40. The molecule has 2 aromatic rings. The highest BCUT2D eigenvalue weighted by molar-refractivity contribution is 5.47. The van der Waals surface area contributed by atoms with Gasteiger partial charge in [-0.1, -0.05) is 50.3 Å². The molecule has 0 aromatic heterocycles. The van der Waals surface area contributed by atoms with Crippen molar-refractivity contribution in [2.45, 2.75) is 31.3 Å². The second-order valence-electron chi connectivity index (χ2n) is 8.17. The average molecular weight is 350 g/mol. The van der Waals surface area contributed by atoms with E-state index in [0.717, 1.165) is 17.5 Å². The van der Waals surface area contributed by atoms with Gasteiger partial charge in [-0.15, -0.1) is 0 Å². The molecule has 0 saturated heterocycles. The second-order valence-corrected chi connectivity index (χ2v) is 8.17. The lowest BCUT2D eigenvalue weighted by molar-refractivity contribution is 0.150. The van der Waals surface area contributed by atoms with Crippen LogP contribution in [0.5, 0.6) is 0 Å². The van der Waals surface area contributed by atoms with E-state index in [0.29, 0.717) is 0 Å². The Balaban J connectivity index is 1.77. The van der Waals surface area contributed by atoms with Crippen molar-refractivity contribution in [1.82, 2.24) is 0 Å². The summed E-state index contributed by atoms with van der Waals surface area (Å²) < 4.78 is 27.1. The van der Waals surface area contributed by atoms with E-state index >= 15 is 0 Å². The van der Waals surface area contributed by atoms with E-state index in [2.05, 4.69) is 26.0 Å². The summed E-state index contributed by atoms with van der Waals surface area (Å²) in [5.74, 6) is -0.0305. The van der Waals surface area contributed by atoms with Crippen molar-refractivity contribution in [3.8, 4) is 0 Å². The Labute approximate surface area is 151 Å². The number of rotatable bonds is 2. The van der Waals surface area contributed by atoms with Gasteiger partial charge in [-0.3, -0.25) is 0 Å². The summed E-state index contributed by atoms with van der Waals surface area (Å²) in [6, 6.07) is 13.4. The van der Waals surface area contributed by atoms with Gasteiger partial charge < -0.3 is 0 Å². The van der Waals surface area contributed by atoms with E-state index in [1.165, 1.54) is 24.3 Å². The molecular weight excluding hydrogens is 330 g/mol. The van der Waals surface area contributed by atoms with Gasteiger partial charge in [0.15, 0.2) is 0 Å². The van der Waals surface area contributed by atoms with Crippen LogP contribution >= 0.6 is 0 Å². The van der Waals surface area contributed by atoms with Gasteiger partial charge in [-0.2, -0.15) is 10.2 Å². The van der Waals surface area contributed by atoms with Gasteiger partial charge in [0.25, 0.3) is 0 Å². The van der Waals surface area contributed by atoms with Crippen LogP contribution in [0.3, 0.4) is 0 Å². The van der Waals surface area contributed by atoms with E-state index in [-0.39, 0.29) is 28.9 Å². The van der Waals surface area contributed by atoms with Crippen molar-refractivity contribution in [2.24, 2.45) is 27.5 Å². The predicted molar refractivity (Wildman–Crippen MR) is 95.5 cm³/mol. The van der Waals surface area contributed by atoms with Crippen molar-refractivity contribution in [1.29, 1.82) is 0 Å². The molecule has 3 aliphatic rings. The van der Waals surface area contributed by atoms with Crippen LogP contribution in [-0.4, -0.2) is 0 Å². The van der Waals surface area contributed by atoms with Crippen molar-refractivity contribution in [3.63, 3.8) is 0 Å². The van der Waals surface area contributed by atoms with Crippen LogP contribution in [0.15, 0.2) is 70.9 Å². The molecule has 1 saturated carbocycles. The zero-order chi connectivity index (χ0) is 18.2. The molecule has 2 nitrogen and oxygen atoms in total. The molecule has 4 atom stereocenters. The minimum atomic E-state index is -0.535. The van der Waals surface area contributed by atoms with Gasteiger partial charge in [-0.25, -0.2) is 8.78 Å². The average Bonchev–Trinajstić information content (AvgIpc) is 3.24. The number of hydrogen-bond acceptors (Lipinski definition) is 2. The number of benzene rings is 2. The Morgan fingerprint density at radius 2 is 1.31 bits per heavy atom. The molecule has 1 heterocycles. The van der Waals surface area contributed by atoms with Crippen molar-refractivity contribution in [2.75, 3.05) is 0 Å². The summed E-state index contributed by atoms with van der Waals surface area (Å²) in [5, 5.41) is 9.73. The molecule has 0 amide bonds. The van der Waals surface area contributed by atoms with Crippen LogP contribution in [0.1, 0.15) is 31.4 Å². The molecule has 132 valence electrons. The third-order valence-electron chi connectivity index (χ3n) is 7.03. The third-order valence-corrected chi connectivity index (χ3v) is 7.03. The van der Waals surface area contributed by atoms with Crippen LogP contribution < -0.4 is 0 Å². The highest BCUT2D eigenvalue weighted by Gasteiger charge is 2.77. The van der Waals surface area contributed by atoms with Gasteiger partial charge in [0.2, 0.25) is 0 Å². The van der Waals surface area contributed by atoms with Crippen LogP contribution in [-0.2, 0) is 11.1 Å². The molecule has 26 heavy (non-hydrogen) atoms. The van der Waals surface area contributed by atoms with Crippen LogP contribution in [0.25, 0.3) is 0 Å². The SMILES string of the molecule is CC1(C)[C@]2(c3ccc(F)cc3)N=N[C@@]1(c1ccc(F)cc1)[C@H]1CC=C[C@H]12. The molecule has 2 aromatic carbocycles. The van der Waals surface area contributed by atoms with Gasteiger partial charge in [0.05, 0.1) is 0 Å². The Hall–Kier alpha value is -2.36. The Morgan fingerprint density at radius 3 is 1.88 bits per heavy atom. The summed E-state index contributed by atoms with van der Waals surface area (Å²) in [4.78, 5) is 0. The number of nitrogens with zero attached hydrogens (tertiary/aromatic N) is 2. The predicted octanol–water partition coefficient (Wildman–Crippen LogP) is 5.75.